The molecule has 0 unspecified atom stereocenters. The first kappa shape index (κ1) is 12.6. The fourth-order valence-electron chi connectivity index (χ4n) is 2.48. The molecule has 1 heterocycles. The Balaban J connectivity index is 3.00. The van der Waals surface area contributed by atoms with E-state index in [0.717, 1.165) is 39.7 Å². The van der Waals surface area contributed by atoms with Crippen LogP contribution in [0.15, 0.2) is 12.1 Å². The molecule has 0 aliphatic heterocycles. The number of aromatic nitrogens is 1. The number of aryl methyl sites for hydroxylation is 3. The third-order valence-corrected chi connectivity index (χ3v) is 3.32. The molecule has 2 aromatic rings. The van der Waals surface area contributed by atoms with Crippen molar-refractivity contribution in [3.8, 4) is 0 Å². The van der Waals surface area contributed by atoms with Crippen LogP contribution >= 0.6 is 0 Å². The summed E-state index contributed by atoms with van der Waals surface area (Å²) in [6.45, 7) is 7.78. The Kier molecular flexibility index (Phi) is 3.07. The van der Waals surface area contributed by atoms with E-state index in [1.165, 1.54) is 0 Å². The van der Waals surface area contributed by atoms with Gasteiger partial charge in [-0.05, 0) is 44.4 Å². The van der Waals surface area contributed by atoms with Crippen molar-refractivity contribution >= 4 is 16.9 Å². The van der Waals surface area contributed by atoms with E-state index >= 15 is 0 Å². The minimum absolute atomic E-state index is 0.392. The Morgan fingerprint density at radius 1 is 1.28 bits per heavy atom. The van der Waals surface area contributed by atoms with Gasteiger partial charge in [-0.25, -0.2) is 4.79 Å². The lowest BCUT2D eigenvalue weighted by Gasteiger charge is -2.12. The summed E-state index contributed by atoms with van der Waals surface area (Å²) in [5.74, 6) is -0.875. The van der Waals surface area contributed by atoms with E-state index in [9.17, 15) is 9.90 Å². The lowest BCUT2D eigenvalue weighted by atomic mass is 9.97. The van der Waals surface area contributed by atoms with Gasteiger partial charge in [-0.3, -0.25) is 4.98 Å². The first-order valence-electron chi connectivity index (χ1n) is 6.09. The lowest BCUT2D eigenvalue weighted by molar-refractivity contribution is 0.0698. The zero-order chi connectivity index (χ0) is 13.4. The molecule has 1 N–H and O–H groups in total. The van der Waals surface area contributed by atoms with Crippen molar-refractivity contribution in [3.63, 3.8) is 0 Å². The second kappa shape index (κ2) is 4.41. The van der Waals surface area contributed by atoms with Crippen LogP contribution in [-0.4, -0.2) is 16.1 Å². The van der Waals surface area contributed by atoms with Gasteiger partial charge in [0.15, 0.2) is 0 Å². The summed E-state index contributed by atoms with van der Waals surface area (Å²) in [5.41, 5.74) is 4.94. The monoisotopic (exact) mass is 243 g/mol. The van der Waals surface area contributed by atoms with Crippen LogP contribution in [0.2, 0.25) is 0 Å². The highest BCUT2D eigenvalue weighted by Gasteiger charge is 2.17. The van der Waals surface area contributed by atoms with Gasteiger partial charge in [0.25, 0.3) is 0 Å². The van der Waals surface area contributed by atoms with Crippen molar-refractivity contribution < 1.29 is 9.90 Å². The molecule has 1 aromatic carbocycles. The first-order valence-corrected chi connectivity index (χ1v) is 6.09. The zero-order valence-corrected chi connectivity index (χ0v) is 11.2. The fourth-order valence-corrected chi connectivity index (χ4v) is 2.48. The molecule has 2 rings (SSSR count). The van der Waals surface area contributed by atoms with Crippen LogP contribution in [-0.2, 0) is 6.42 Å². The minimum Gasteiger partial charge on any atom is -0.478 e. The predicted octanol–water partition coefficient (Wildman–Crippen LogP) is 3.42. The van der Waals surface area contributed by atoms with E-state index in [-0.39, 0.29) is 0 Å². The highest BCUT2D eigenvalue weighted by Crippen LogP contribution is 2.27. The molecule has 18 heavy (non-hydrogen) atoms. The maximum absolute atomic E-state index is 11.5. The summed E-state index contributed by atoms with van der Waals surface area (Å²) < 4.78 is 0. The van der Waals surface area contributed by atoms with E-state index in [4.69, 9.17) is 0 Å². The van der Waals surface area contributed by atoms with Crippen molar-refractivity contribution in [2.45, 2.75) is 34.1 Å². The van der Waals surface area contributed by atoms with Gasteiger partial charge in [0.1, 0.15) is 0 Å². The molecule has 0 bridgehead atoms. The summed E-state index contributed by atoms with van der Waals surface area (Å²) in [7, 11) is 0. The van der Waals surface area contributed by atoms with Gasteiger partial charge in [0.2, 0.25) is 0 Å². The quantitative estimate of drug-likeness (QED) is 0.879. The number of benzene rings is 1. The molecule has 3 nitrogen and oxygen atoms in total. The molecular formula is C15H17NO2. The van der Waals surface area contributed by atoms with Crippen molar-refractivity contribution in [3.05, 3.63) is 40.1 Å². The van der Waals surface area contributed by atoms with Gasteiger partial charge in [-0.15, -0.1) is 0 Å². The van der Waals surface area contributed by atoms with Gasteiger partial charge in [-0.2, -0.15) is 0 Å². The van der Waals surface area contributed by atoms with Crippen LogP contribution in [0.5, 0.6) is 0 Å². The average molecular weight is 243 g/mol. The maximum atomic E-state index is 11.5. The summed E-state index contributed by atoms with van der Waals surface area (Å²) in [5, 5.41) is 10.2. The topological polar surface area (TPSA) is 50.2 Å². The first-order chi connectivity index (χ1) is 8.45. The highest BCUT2D eigenvalue weighted by molar-refractivity contribution is 6.05. The molecule has 0 radical (unpaired) electrons. The molecule has 0 saturated carbocycles. The summed E-state index contributed by atoms with van der Waals surface area (Å²) in [6.07, 6.45) is 0.745. The van der Waals surface area contributed by atoms with Crippen LogP contribution in [0.1, 0.15) is 39.7 Å². The van der Waals surface area contributed by atoms with E-state index in [1.807, 2.05) is 39.8 Å². The normalized spacial score (nSPS) is 10.9. The second-order valence-electron chi connectivity index (χ2n) is 4.70. The Bertz CT molecular complexity index is 645. The second-order valence-corrected chi connectivity index (χ2v) is 4.70. The number of nitrogens with zero attached hydrogens (tertiary/aromatic N) is 1. The zero-order valence-electron chi connectivity index (χ0n) is 11.2. The maximum Gasteiger partial charge on any atom is 0.336 e. The molecule has 0 amide bonds. The number of carboxylic acid groups (broad SMARTS) is 1. The molecule has 0 saturated heterocycles. The third kappa shape index (κ3) is 1.86. The van der Waals surface area contributed by atoms with E-state index in [2.05, 4.69) is 4.98 Å². The molecule has 0 fully saturated rings. The van der Waals surface area contributed by atoms with Crippen LogP contribution < -0.4 is 0 Å². The SMILES string of the molecule is CCc1nc2c(C)cc(C)cc2c(C(=O)O)c1C. The number of hydrogen-bond donors (Lipinski definition) is 1. The summed E-state index contributed by atoms with van der Waals surface area (Å²) in [6, 6.07) is 3.95. The van der Waals surface area contributed by atoms with Crippen molar-refractivity contribution in [2.24, 2.45) is 0 Å². The molecule has 0 atom stereocenters. The number of rotatable bonds is 2. The summed E-state index contributed by atoms with van der Waals surface area (Å²) >= 11 is 0. The van der Waals surface area contributed by atoms with Crippen LogP contribution in [0.3, 0.4) is 0 Å². The predicted molar refractivity (Wildman–Crippen MR) is 72.3 cm³/mol. The smallest absolute Gasteiger partial charge is 0.336 e. The summed E-state index contributed by atoms with van der Waals surface area (Å²) in [4.78, 5) is 16.1. The van der Waals surface area contributed by atoms with Gasteiger partial charge in [0.05, 0.1) is 11.1 Å². The Labute approximate surface area is 106 Å². The lowest BCUT2D eigenvalue weighted by Crippen LogP contribution is -2.07. The molecule has 0 aliphatic rings. The fraction of sp³-hybridized carbons (Fsp3) is 0.333. The Morgan fingerprint density at radius 2 is 1.94 bits per heavy atom. The molecule has 3 heteroatoms. The van der Waals surface area contributed by atoms with E-state index < -0.39 is 5.97 Å². The van der Waals surface area contributed by atoms with Gasteiger partial charge >= 0.3 is 5.97 Å². The number of fused-ring (bicyclic) bond motifs is 1. The molecule has 0 spiro atoms. The van der Waals surface area contributed by atoms with Crippen molar-refractivity contribution in [1.82, 2.24) is 4.98 Å². The molecule has 94 valence electrons. The number of carbonyl (C=O) groups is 1. The Hall–Kier alpha value is -1.90. The minimum atomic E-state index is -0.875. The number of hydrogen-bond acceptors (Lipinski definition) is 2. The third-order valence-electron chi connectivity index (χ3n) is 3.32. The number of aromatic carboxylic acids is 1. The largest absolute Gasteiger partial charge is 0.478 e. The average Bonchev–Trinajstić information content (AvgIpc) is 2.27. The van der Waals surface area contributed by atoms with Gasteiger partial charge in [-0.1, -0.05) is 18.6 Å². The number of carboxylic acids is 1. The molecular weight excluding hydrogens is 226 g/mol. The van der Waals surface area contributed by atoms with E-state index in [0.29, 0.717) is 5.56 Å². The molecule has 1 aromatic heterocycles. The standard InChI is InChI=1S/C15H17NO2/c1-5-12-10(4)13(15(17)18)11-7-8(2)6-9(3)14(11)16-12/h6-7H,5H2,1-4H3,(H,17,18). The van der Waals surface area contributed by atoms with Gasteiger partial charge in [0, 0.05) is 11.1 Å². The van der Waals surface area contributed by atoms with Crippen LogP contribution in [0.25, 0.3) is 10.9 Å². The van der Waals surface area contributed by atoms with Crippen LogP contribution in [0.4, 0.5) is 0 Å². The molecule has 0 aliphatic carbocycles. The van der Waals surface area contributed by atoms with E-state index in [1.54, 1.807) is 0 Å². The Morgan fingerprint density at radius 3 is 2.50 bits per heavy atom. The number of pyridine rings is 1. The van der Waals surface area contributed by atoms with Gasteiger partial charge < -0.3 is 5.11 Å². The van der Waals surface area contributed by atoms with Crippen molar-refractivity contribution in [2.75, 3.05) is 0 Å². The van der Waals surface area contributed by atoms with Crippen molar-refractivity contribution in [1.29, 1.82) is 0 Å². The highest BCUT2D eigenvalue weighted by atomic mass is 16.4. The van der Waals surface area contributed by atoms with Crippen LogP contribution in [0, 0.1) is 20.8 Å².